The zero-order chi connectivity index (χ0) is 18.8. The van der Waals surface area contributed by atoms with E-state index in [-0.39, 0.29) is 35.4 Å². The molecule has 0 aromatic heterocycles. The molecule has 3 aliphatic rings. The number of fused-ring (bicyclic) bond motifs is 1. The van der Waals surface area contributed by atoms with Crippen LogP contribution in [0.5, 0.6) is 0 Å². The minimum absolute atomic E-state index is 0.0604. The van der Waals surface area contributed by atoms with E-state index in [1.165, 1.54) is 11.8 Å². The molecule has 0 radical (unpaired) electrons. The van der Waals surface area contributed by atoms with Gasteiger partial charge in [0.25, 0.3) is 11.8 Å². The van der Waals surface area contributed by atoms with Crippen molar-refractivity contribution in [1.29, 1.82) is 0 Å². The summed E-state index contributed by atoms with van der Waals surface area (Å²) in [6.45, 7) is 1.68. The Morgan fingerprint density at radius 1 is 1.19 bits per heavy atom. The first-order valence-electron chi connectivity index (χ1n) is 8.95. The van der Waals surface area contributed by atoms with Crippen molar-refractivity contribution in [2.45, 2.75) is 62.9 Å². The lowest BCUT2D eigenvalue weighted by Gasteiger charge is -2.49. The number of hydrogen-bond donors (Lipinski definition) is 3. The molecule has 3 rings (SSSR count). The fraction of sp³-hybridized carbons (Fsp3) is 0.647. The Morgan fingerprint density at radius 3 is 2.50 bits per heavy atom. The Labute approximate surface area is 155 Å². The first-order chi connectivity index (χ1) is 12.4. The van der Waals surface area contributed by atoms with Crippen LogP contribution < -0.4 is 10.6 Å². The normalized spacial score (nSPS) is 26.0. The van der Waals surface area contributed by atoms with Crippen LogP contribution in [-0.4, -0.2) is 56.9 Å². The summed E-state index contributed by atoms with van der Waals surface area (Å²) in [6.07, 6.45) is 5.29. The fourth-order valence-corrected chi connectivity index (χ4v) is 4.93. The highest BCUT2D eigenvalue weighted by Crippen LogP contribution is 2.40. The van der Waals surface area contributed by atoms with Gasteiger partial charge in [-0.15, -0.1) is 11.8 Å². The lowest BCUT2D eigenvalue weighted by molar-refractivity contribution is -0.150. The van der Waals surface area contributed by atoms with Crippen LogP contribution in [0.3, 0.4) is 0 Å². The molecular weight excluding hydrogens is 358 g/mol. The second-order valence-electron chi connectivity index (χ2n) is 6.75. The molecule has 3 amide bonds. The summed E-state index contributed by atoms with van der Waals surface area (Å²) >= 11 is 1.31. The van der Waals surface area contributed by atoms with Crippen LogP contribution in [0, 0.1) is 0 Å². The zero-order valence-electron chi connectivity index (χ0n) is 14.6. The van der Waals surface area contributed by atoms with Gasteiger partial charge in [0.05, 0.1) is 5.57 Å². The van der Waals surface area contributed by atoms with Crippen molar-refractivity contribution < 1.29 is 24.3 Å². The Hall–Kier alpha value is -2.03. The summed E-state index contributed by atoms with van der Waals surface area (Å²) < 4.78 is 0. The second kappa shape index (κ2) is 7.69. The quantitative estimate of drug-likeness (QED) is 0.600. The van der Waals surface area contributed by atoms with E-state index in [1.807, 2.05) is 0 Å². The van der Waals surface area contributed by atoms with Crippen molar-refractivity contribution in [2.24, 2.45) is 0 Å². The molecule has 0 bridgehead atoms. The highest BCUT2D eigenvalue weighted by Gasteiger charge is 2.54. The van der Waals surface area contributed by atoms with Gasteiger partial charge in [0, 0.05) is 18.2 Å². The third kappa shape index (κ3) is 3.44. The number of hydrogen-bond acceptors (Lipinski definition) is 5. The molecule has 142 valence electrons. The maximum atomic E-state index is 12.6. The third-order valence-electron chi connectivity index (χ3n) is 5.02. The highest BCUT2D eigenvalue weighted by molar-refractivity contribution is 8.00. The first-order valence-corrected chi connectivity index (χ1v) is 10.00. The predicted molar refractivity (Wildman–Crippen MR) is 95.0 cm³/mol. The lowest BCUT2D eigenvalue weighted by atomic mass is 9.95. The number of carboxylic acid groups (broad SMARTS) is 1. The standard InChI is InChI=1S/C17H23N3O5S/c1-2-11(21)19-12-15(23)20-13(17(24)25)10(8-26-16(12)20)14(22)18-9-6-4-3-5-7-9/h9,12,16H,2-8H2,1H3,(H,18,22)(H,19,21)(H,24,25)/t12?,16-/m1/s1. The van der Waals surface area contributed by atoms with Crippen molar-refractivity contribution >= 4 is 35.5 Å². The third-order valence-corrected chi connectivity index (χ3v) is 6.30. The number of carboxylic acids is 1. The number of thioether (sulfide) groups is 1. The second-order valence-corrected chi connectivity index (χ2v) is 7.85. The van der Waals surface area contributed by atoms with Crippen LogP contribution in [0.4, 0.5) is 0 Å². The van der Waals surface area contributed by atoms with Crippen LogP contribution in [-0.2, 0) is 19.2 Å². The SMILES string of the molecule is CCC(=O)NC1C(=O)N2C(C(=O)O)=C(C(=O)NC3CCCCC3)CS[C@H]12. The Morgan fingerprint density at radius 2 is 1.88 bits per heavy atom. The Kier molecular flexibility index (Phi) is 5.55. The Bertz CT molecular complexity index is 671. The highest BCUT2D eigenvalue weighted by atomic mass is 32.2. The minimum Gasteiger partial charge on any atom is -0.477 e. The van der Waals surface area contributed by atoms with E-state index >= 15 is 0 Å². The van der Waals surface area contributed by atoms with Crippen molar-refractivity contribution in [3.63, 3.8) is 0 Å². The average Bonchev–Trinajstić information content (AvgIpc) is 2.65. The van der Waals surface area contributed by atoms with E-state index in [0.29, 0.717) is 0 Å². The van der Waals surface area contributed by atoms with Gasteiger partial charge in [-0.3, -0.25) is 19.3 Å². The molecule has 2 heterocycles. The van der Waals surface area contributed by atoms with E-state index in [0.717, 1.165) is 37.0 Å². The van der Waals surface area contributed by atoms with Crippen molar-refractivity contribution in [3.05, 3.63) is 11.3 Å². The number of amides is 3. The van der Waals surface area contributed by atoms with Crippen LogP contribution in [0.2, 0.25) is 0 Å². The molecule has 1 saturated carbocycles. The van der Waals surface area contributed by atoms with Crippen LogP contribution >= 0.6 is 11.8 Å². The molecule has 0 spiro atoms. The monoisotopic (exact) mass is 381 g/mol. The number of rotatable bonds is 5. The molecule has 0 aromatic rings. The smallest absolute Gasteiger partial charge is 0.353 e. The van der Waals surface area contributed by atoms with E-state index in [9.17, 15) is 24.3 Å². The van der Waals surface area contributed by atoms with Crippen LogP contribution in [0.15, 0.2) is 11.3 Å². The van der Waals surface area contributed by atoms with Gasteiger partial charge in [0.1, 0.15) is 17.1 Å². The zero-order valence-corrected chi connectivity index (χ0v) is 15.4. The van der Waals surface area contributed by atoms with Crippen molar-refractivity contribution in [3.8, 4) is 0 Å². The maximum absolute atomic E-state index is 12.6. The summed E-state index contributed by atoms with van der Waals surface area (Å²) in [5, 5.41) is 14.6. The van der Waals surface area contributed by atoms with Gasteiger partial charge < -0.3 is 15.7 Å². The molecule has 1 unspecified atom stereocenters. The molecule has 1 saturated heterocycles. The summed E-state index contributed by atoms with van der Waals surface area (Å²) in [5.74, 6) is -2.24. The van der Waals surface area contributed by atoms with E-state index in [2.05, 4.69) is 10.6 Å². The average molecular weight is 381 g/mol. The summed E-state index contributed by atoms with van der Waals surface area (Å²) in [6, 6.07) is -0.671. The van der Waals surface area contributed by atoms with Crippen LogP contribution in [0.1, 0.15) is 45.4 Å². The molecule has 0 aromatic carbocycles. The Balaban J connectivity index is 1.77. The molecule has 9 heteroatoms. The van der Waals surface area contributed by atoms with Gasteiger partial charge in [0.15, 0.2) is 0 Å². The summed E-state index contributed by atoms with van der Waals surface area (Å²) in [4.78, 5) is 49.5. The minimum atomic E-state index is -1.29. The molecule has 3 N–H and O–H groups in total. The van der Waals surface area contributed by atoms with Crippen molar-refractivity contribution in [2.75, 3.05) is 5.75 Å². The molecule has 26 heavy (non-hydrogen) atoms. The van der Waals surface area contributed by atoms with Gasteiger partial charge in [-0.05, 0) is 12.8 Å². The van der Waals surface area contributed by atoms with E-state index < -0.39 is 29.2 Å². The molecule has 2 fully saturated rings. The summed E-state index contributed by atoms with van der Waals surface area (Å²) in [5.41, 5.74) is -0.132. The predicted octanol–water partition coefficient (Wildman–Crippen LogP) is 0.584. The van der Waals surface area contributed by atoms with Crippen LogP contribution in [0.25, 0.3) is 0 Å². The lowest BCUT2D eigenvalue weighted by Crippen LogP contribution is -2.70. The topological polar surface area (TPSA) is 116 Å². The van der Waals surface area contributed by atoms with E-state index in [1.54, 1.807) is 6.92 Å². The van der Waals surface area contributed by atoms with Gasteiger partial charge in [0.2, 0.25) is 5.91 Å². The van der Waals surface area contributed by atoms with E-state index in [4.69, 9.17) is 0 Å². The maximum Gasteiger partial charge on any atom is 0.353 e. The molecule has 2 atom stereocenters. The number of nitrogens with one attached hydrogen (secondary N) is 2. The first kappa shape index (κ1) is 18.8. The number of aliphatic carboxylic acids is 1. The number of β-lactam (4-membered cyclic amide) rings is 1. The number of carbonyl (C=O) groups is 4. The molecule has 2 aliphatic heterocycles. The van der Waals surface area contributed by atoms with Gasteiger partial charge in [-0.1, -0.05) is 26.2 Å². The number of nitrogens with zero attached hydrogens (tertiary/aromatic N) is 1. The van der Waals surface area contributed by atoms with Gasteiger partial charge in [-0.25, -0.2) is 4.79 Å². The fourth-order valence-electron chi connectivity index (χ4n) is 3.59. The molecular formula is C17H23N3O5S. The molecule has 1 aliphatic carbocycles. The molecule has 8 nitrogen and oxygen atoms in total. The van der Waals surface area contributed by atoms with Gasteiger partial charge in [-0.2, -0.15) is 0 Å². The van der Waals surface area contributed by atoms with Gasteiger partial charge >= 0.3 is 5.97 Å². The van der Waals surface area contributed by atoms with Crippen molar-refractivity contribution in [1.82, 2.24) is 15.5 Å². The number of carbonyl (C=O) groups excluding carboxylic acids is 3. The summed E-state index contributed by atoms with van der Waals surface area (Å²) in [7, 11) is 0. The largest absolute Gasteiger partial charge is 0.477 e.